The third-order valence-corrected chi connectivity index (χ3v) is 4.44. The highest BCUT2D eigenvalue weighted by Gasteiger charge is 2.14. The van der Waals surface area contributed by atoms with Gasteiger partial charge in [-0.15, -0.1) is 11.6 Å². The van der Waals surface area contributed by atoms with Gasteiger partial charge >= 0.3 is 0 Å². The summed E-state index contributed by atoms with van der Waals surface area (Å²) < 4.78 is 28.4. The molecule has 2 rings (SSSR count). The average Bonchev–Trinajstić information content (AvgIpc) is 2.84. The van der Waals surface area contributed by atoms with Crippen LogP contribution in [0.3, 0.4) is 0 Å². The molecule has 0 unspecified atom stereocenters. The van der Waals surface area contributed by atoms with E-state index < -0.39 is 10.0 Å². The summed E-state index contributed by atoms with van der Waals surface area (Å²) in [4.78, 5) is 0.242. The molecule has 20 heavy (non-hydrogen) atoms. The van der Waals surface area contributed by atoms with E-state index in [2.05, 4.69) is 9.82 Å². The monoisotopic (exact) mass is 313 g/mol. The Hall–Kier alpha value is -1.37. The summed E-state index contributed by atoms with van der Waals surface area (Å²) >= 11 is 5.65. The summed E-state index contributed by atoms with van der Waals surface area (Å²) in [5.41, 5.74) is 1.69. The molecule has 1 N–H and O–H groups in total. The summed E-state index contributed by atoms with van der Waals surface area (Å²) in [6.07, 6.45) is 2.49. The predicted molar refractivity (Wildman–Crippen MR) is 78.1 cm³/mol. The van der Waals surface area contributed by atoms with Gasteiger partial charge in [0.2, 0.25) is 10.0 Å². The third-order valence-electron chi connectivity index (χ3n) is 2.83. The van der Waals surface area contributed by atoms with E-state index in [1.807, 2.05) is 0 Å². The number of aryl methyl sites for hydroxylation is 2. The van der Waals surface area contributed by atoms with Crippen LogP contribution in [0, 0.1) is 0 Å². The quantitative estimate of drug-likeness (QED) is 0.825. The van der Waals surface area contributed by atoms with Crippen molar-refractivity contribution in [1.29, 1.82) is 0 Å². The number of hydrogen-bond donors (Lipinski definition) is 1. The molecule has 0 fully saturated rings. The number of nitrogens with zero attached hydrogens (tertiary/aromatic N) is 2. The topological polar surface area (TPSA) is 64.0 Å². The van der Waals surface area contributed by atoms with E-state index in [9.17, 15) is 8.42 Å². The van der Waals surface area contributed by atoms with Gasteiger partial charge in [-0.1, -0.05) is 12.1 Å². The molecule has 0 amide bonds. The molecule has 0 spiro atoms. The maximum Gasteiger partial charge on any atom is 0.240 e. The fourth-order valence-electron chi connectivity index (χ4n) is 1.75. The molecule has 7 heteroatoms. The van der Waals surface area contributed by atoms with E-state index in [4.69, 9.17) is 11.6 Å². The molecule has 0 aliphatic rings. The highest BCUT2D eigenvalue weighted by atomic mass is 35.5. The van der Waals surface area contributed by atoms with Gasteiger partial charge in [0.05, 0.1) is 17.1 Å². The van der Waals surface area contributed by atoms with Crippen LogP contribution in [-0.2, 0) is 30.0 Å². The van der Waals surface area contributed by atoms with E-state index >= 15 is 0 Å². The van der Waals surface area contributed by atoms with Crippen LogP contribution >= 0.6 is 11.6 Å². The van der Waals surface area contributed by atoms with Gasteiger partial charge in [0.15, 0.2) is 0 Å². The first kappa shape index (κ1) is 15.0. The molecule has 2 aromatic rings. The Morgan fingerprint density at radius 1 is 1.25 bits per heavy atom. The summed E-state index contributed by atoms with van der Waals surface area (Å²) in [7, 11) is -1.73. The van der Waals surface area contributed by atoms with Gasteiger partial charge in [-0.05, 0) is 30.2 Å². The summed E-state index contributed by atoms with van der Waals surface area (Å²) in [6, 6.07) is 8.49. The Labute approximate surface area is 123 Å². The number of benzene rings is 1. The maximum absolute atomic E-state index is 12.1. The van der Waals surface area contributed by atoms with Crippen LogP contribution in [0.4, 0.5) is 0 Å². The van der Waals surface area contributed by atoms with Crippen molar-refractivity contribution in [2.45, 2.75) is 17.9 Å². The van der Waals surface area contributed by atoms with Crippen LogP contribution < -0.4 is 4.72 Å². The number of halogens is 1. The van der Waals surface area contributed by atoms with Gasteiger partial charge in [0.25, 0.3) is 0 Å². The molecule has 1 aromatic heterocycles. The SMILES string of the molecule is Cn1ccc(CNS(=O)(=O)c2ccc(CCCl)cc2)n1. The lowest BCUT2D eigenvalue weighted by Crippen LogP contribution is -2.23. The van der Waals surface area contributed by atoms with Crippen LogP contribution in [-0.4, -0.2) is 24.1 Å². The van der Waals surface area contributed by atoms with Gasteiger partial charge in [0.1, 0.15) is 0 Å². The number of alkyl halides is 1. The Morgan fingerprint density at radius 3 is 2.50 bits per heavy atom. The van der Waals surface area contributed by atoms with Gasteiger partial charge in [-0.3, -0.25) is 4.68 Å². The molecule has 0 aliphatic heterocycles. The number of sulfonamides is 1. The molecule has 0 saturated carbocycles. The second-order valence-electron chi connectivity index (χ2n) is 4.39. The zero-order valence-electron chi connectivity index (χ0n) is 11.1. The van der Waals surface area contributed by atoms with Gasteiger partial charge < -0.3 is 0 Å². The number of hydrogen-bond acceptors (Lipinski definition) is 3. The zero-order chi connectivity index (χ0) is 14.6. The molecule has 0 radical (unpaired) electrons. The fraction of sp³-hybridized carbons (Fsp3) is 0.308. The molecule has 0 bridgehead atoms. The van der Waals surface area contributed by atoms with Crippen LogP contribution in [0.5, 0.6) is 0 Å². The van der Waals surface area contributed by atoms with E-state index in [1.54, 1.807) is 48.3 Å². The van der Waals surface area contributed by atoms with Crippen molar-refractivity contribution in [2.75, 3.05) is 5.88 Å². The zero-order valence-corrected chi connectivity index (χ0v) is 12.7. The number of nitrogens with one attached hydrogen (secondary N) is 1. The van der Waals surface area contributed by atoms with Crippen LogP contribution in [0.1, 0.15) is 11.3 Å². The molecule has 1 heterocycles. The second-order valence-corrected chi connectivity index (χ2v) is 6.53. The molecular weight excluding hydrogens is 298 g/mol. The second kappa shape index (κ2) is 6.39. The van der Waals surface area contributed by atoms with Gasteiger partial charge in [-0.25, -0.2) is 13.1 Å². The van der Waals surface area contributed by atoms with Crippen molar-refractivity contribution >= 4 is 21.6 Å². The number of aromatic nitrogens is 2. The Kier molecular flexibility index (Phi) is 4.80. The Bertz CT molecular complexity index is 665. The molecule has 1 aromatic carbocycles. The van der Waals surface area contributed by atoms with Crippen molar-refractivity contribution < 1.29 is 8.42 Å². The maximum atomic E-state index is 12.1. The third kappa shape index (κ3) is 3.82. The molecule has 0 aliphatic carbocycles. The molecule has 0 atom stereocenters. The van der Waals surface area contributed by atoms with Crippen LogP contribution in [0.15, 0.2) is 41.4 Å². The lowest BCUT2D eigenvalue weighted by molar-refractivity contribution is 0.579. The highest BCUT2D eigenvalue weighted by Crippen LogP contribution is 2.12. The highest BCUT2D eigenvalue weighted by molar-refractivity contribution is 7.89. The minimum absolute atomic E-state index is 0.173. The minimum Gasteiger partial charge on any atom is -0.276 e. The Morgan fingerprint density at radius 2 is 1.95 bits per heavy atom. The van der Waals surface area contributed by atoms with E-state index in [1.165, 1.54) is 0 Å². The summed E-state index contributed by atoms with van der Waals surface area (Å²) in [5.74, 6) is 0.518. The molecule has 108 valence electrons. The van der Waals surface area contributed by atoms with Gasteiger partial charge in [0, 0.05) is 19.1 Å². The van der Waals surface area contributed by atoms with Gasteiger partial charge in [-0.2, -0.15) is 5.10 Å². The van der Waals surface area contributed by atoms with Crippen molar-refractivity contribution in [3.63, 3.8) is 0 Å². The predicted octanol–water partition coefficient (Wildman–Crippen LogP) is 1.68. The van der Waals surface area contributed by atoms with Crippen molar-refractivity contribution in [1.82, 2.24) is 14.5 Å². The standard InChI is InChI=1S/C13H16ClN3O2S/c1-17-9-7-12(16-17)10-15-20(18,19)13-4-2-11(3-5-13)6-8-14/h2-5,7,9,15H,6,8,10H2,1H3. The summed E-state index contributed by atoms with van der Waals surface area (Å²) in [6.45, 7) is 0.173. The first-order valence-corrected chi connectivity index (χ1v) is 8.16. The van der Waals surface area contributed by atoms with Crippen LogP contribution in [0.25, 0.3) is 0 Å². The first-order chi connectivity index (χ1) is 9.51. The fourth-order valence-corrected chi connectivity index (χ4v) is 2.97. The van der Waals surface area contributed by atoms with Crippen molar-refractivity contribution in [3.8, 4) is 0 Å². The minimum atomic E-state index is -3.51. The lowest BCUT2D eigenvalue weighted by Gasteiger charge is -2.06. The first-order valence-electron chi connectivity index (χ1n) is 6.14. The van der Waals surface area contributed by atoms with Crippen molar-refractivity contribution in [3.05, 3.63) is 47.8 Å². The lowest BCUT2D eigenvalue weighted by atomic mass is 10.2. The molecular formula is C13H16ClN3O2S. The summed E-state index contributed by atoms with van der Waals surface area (Å²) in [5, 5.41) is 4.12. The average molecular weight is 314 g/mol. The normalized spacial score (nSPS) is 11.7. The molecule has 5 nitrogen and oxygen atoms in total. The van der Waals surface area contributed by atoms with Crippen molar-refractivity contribution in [2.24, 2.45) is 7.05 Å². The largest absolute Gasteiger partial charge is 0.276 e. The molecule has 0 saturated heterocycles. The smallest absolute Gasteiger partial charge is 0.240 e. The van der Waals surface area contributed by atoms with E-state index in [-0.39, 0.29) is 11.4 Å². The Balaban J connectivity index is 2.05. The van der Waals surface area contributed by atoms with E-state index in [0.29, 0.717) is 11.6 Å². The number of rotatable bonds is 6. The van der Waals surface area contributed by atoms with E-state index in [0.717, 1.165) is 12.0 Å². The van der Waals surface area contributed by atoms with Crippen LogP contribution in [0.2, 0.25) is 0 Å².